The summed E-state index contributed by atoms with van der Waals surface area (Å²) in [6, 6.07) is 9.03. The van der Waals surface area contributed by atoms with Crippen LogP contribution in [0.25, 0.3) is 0 Å². The van der Waals surface area contributed by atoms with Crippen molar-refractivity contribution < 1.29 is 9.59 Å². The molecule has 4 aliphatic carbocycles. The highest BCUT2D eigenvalue weighted by atomic mass is 32.2. The predicted octanol–water partition coefficient (Wildman–Crippen LogP) is 6.85. The van der Waals surface area contributed by atoms with Crippen molar-refractivity contribution in [2.24, 2.45) is 28.6 Å². The van der Waals surface area contributed by atoms with Crippen LogP contribution < -0.4 is 4.90 Å². The maximum Gasteiger partial charge on any atom is 0.156 e. The van der Waals surface area contributed by atoms with Gasteiger partial charge in [-0.3, -0.25) is 9.59 Å². The molecule has 5 rings (SSSR count). The third-order valence-electron chi connectivity index (χ3n) is 10.3. The monoisotopic (exact) mass is 479 g/mol. The second kappa shape index (κ2) is 9.15. The highest BCUT2D eigenvalue weighted by molar-refractivity contribution is 7.99. The molecular weight excluding hydrogens is 438 g/mol. The number of anilines is 1. The first-order chi connectivity index (χ1) is 16.3. The van der Waals surface area contributed by atoms with Gasteiger partial charge in [0.2, 0.25) is 0 Å². The molecule has 0 radical (unpaired) electrons. The van der Waals surface area contributed by atoms with Gasteiger partial charge < -0.3 is 4.90 Å². The zero-order valence-electron chi connectivity index (χ0n) is 21.4. The van der Waals surface area contributed by atoms with Crippen LogP contribution in [0.4, 0.5) is 5.69 Å². The van der Waals surface area contributed by atoms with E-state index in [0.717, 1.165) is 57.4 Å². The Morgan fingerprint density at radius 2 is 1.71 bits per heavy atom. The van der Waals surface area contributed by atoms with E-state index in [-0.39, 0.29) is 10.8 Å². The minimum atomic E-state index is -0.0848. The summed E-state index contributed by atoms with van der Waals surface area (Å²) < 4.78 is 0. The quantitative estimate of drug-likeness (QED) is 0.447. The van der Waals surface area contributed by atoms with Crippen molar-refractivity contribution in [2.45, 2.75) is 83.6 Å². The lowest BCUT2D eigenvalue weighted by molar-refractivity contribution is -0.132. The SMILES string of the molecule is CCN(CC)c1ccc(CS[C@H]2CC(=O)C=C3CC[C@@H]4[C@H](CC[C@]5(C)C(=O)CC[C@@H]45)[C@]32C)cc1. The Balaban J connectivity index is 1.36. The number of carbonyl (C=O) groups is 2. The average Bonchev–Trinajstić information content (AvgIpc) is 3.14. The molecule has 0 heterocycles. The van der Waals surface area contributed by atoms with Crippen molar-refractivity contribution >= 4 is 29.0 Å². The molecular formula is C30H41NO2S. The largest absolute Gasteiger partial charge is 0.372 e. The zero-order chi connectivity index (χ0) is 24.1. The molecule has 3 nitrogen and oxygen atoms in total. The van der Waals surface area contributed by atoms with Crippen molar-refractivity contribution in [3.8, 4) is 0 Å². The van der Waals surface area contributed by atoms with E-state index in [1.807, 2.05) is 17.8 Å². The summed E-state index contributed by atoms with van der Waals surface area (Å²) in [5.74, 6) is 3.57. The van der Waals surface area contributed by atoms with E-state index in [0.29, 0.717) is 41.0 Å². The Morgan fingerprint density at radius 1 is 0.971 bits per heavy atom. The molecule has 0 bridgehead atoms. The van der Waals surface area contributed by atoms with E-state index in [4.69, 9.17) is 0 Å². The molecule has 0 spiro atoms. The van der Waals surface area contributed by atoms with Crippen molar-refractivity contribution in [1.82, 2.24) is 0 Å². The molecule has 184 valence electrons. The molecule has 6 atom stereocenters. The Morgan fingerprint density at radius 3 is 2.41 bits per heavy atom. The maximum atomic E-state index is 12.8. The normalized spacial score (nSPS) is 37.0. The number of Topliss-reactive ketones (excluding diaryl/α,β-unsaturated/α-hetero) is 1. The van der Waals surface area contributed by atoms with Crippen LogP contribution in [-0.4, -0.2) is 29.9 Å². The average molecular weight is 480 g/mol. The van der Waals surface area contributed by atoms with Crippen LogP contribution in [0.15, 0.2) is 35.9 Å². The number of carbonyl (C=O) groups excluding carboxylic acids is 2. The van der Waals surface area contributed by atoms with E-state index in [1.165, 1.54) is 16.8 Å². The van der Waals surface area contributed by atoms with Gasteiger partial charge in [-0.1, -0.05) is 31.6 Å². The molecule has 1 aromatic carbocycles. The maximum absolute atomic E-state index is 12.8. The van der Waals surface area contributed by atoms with Gasteiger partial charge in [0, 0.05) is 53.5 Å². The van der Waals surface area contributed by atoms with E-state index < -0.39 is 0 Å². The van der Waals surface area contributed by atoms with Crippen molar-refractivity contribution in [1.29, 1.82) is 0 Å². The molecule has 0 saturated heterocycles. The van der Waals surface area contributed by atoms with Crippen molar-refractivity contribution in [3.05, 3.63) is 41.5 Å². The fourth-order valence-corrected chi connectivity index (χ4v) is 9.72. The van der Waals surface area contributed by atoms with E-state index in [9.17, 15) is 9.59 Å². The summed E-state index contributed by atoms with van der Waals surface area (Å²) in [5.41, 5.74) is 4.04. The molecule has 3 fully saturated rings. The molecule has 0 N–H and O–H groups in total. The summed E-state index contributed by atoms with van der Waals surface area (Å²) in [4.78, 5) is 27.9. The molecule has 4 heteroatoms. The summed E-state index contributed by atoms with van der Waals surface area (Å²) in [6.07, 6.45) is 8.92. The second-order valence-electron chi connectivity index (χ2n) is 11.6. The number of hydrogen-bond acceptors (Lipinski definition) is 4. The third kappa shape index (κ3) is 3.79. The summed E-state index contributed by atoms with van der Waals surface area (Å²) in [6.45, 7) is 11.2. The van der Waals surface area contributed by atoms with Crippen LogP contribution in [-0.2, 0) is 15.3 Å². The predicted molar refractivity (Wildman–Crippen MR) is 142 cm³/mol. The molecule has 0 unspecified atom stereocenters. The molecule has 34 heavy (non-hydrogen) atoms. The van der Waals surface area contributed by atoms with Gasteiger partial charge in [-0.2, -0.15) is 11.8 Å². The number of benzene rings is 1. The lowest BCUT2D eigenvalue weighted by Gasteiger charge is -2.59. The molecule has 0 aromatic heterocycles. The zero-order valence-corrected chi connectivity index (χ0v) is 22.3. The van der Waals surface area contributed by atoms with Gasteiger partial charge in [-0.15, -0.1) is 0 Å². The van der Waals surface area contributed by atoms with Crippen LogP contribution in [0.3, 0.4) is 0 Å². The minimum absolute atomic E-state index is 0.0790. The van der Waals surface area contributed by atoms with Crippen LogP contribution >= 0.6 is 11.8 Å². The fraction of sp³-hybridized carbons (Fsp3) is 0.667. The fourth-order valence-electron chi connectivity index (χ4n) is 8.18. The Labute approximate surface area is 210 Å². The lowest BCUT2D eigenvalue weighted by atomic mass is 9.47. The second-order valence-corrected chi connectivity index (χ2v) is 12.8. The number of fused-ring (bicyclic) bond motifs is 5. The van der Waals surface area contributed by atoms with E-state index in [1.54, 1.807) is 0 Å². The van der Waals surface area contributed by atoms with Crippen LogP contribution in [0.5, 0.6) is 0 Å². The van der Waals surface area contributed by atoms with Gasteiger partial charge in [0.05, 0.1) is 0 Å². The van der Waals surface area contributed by atoms with Gasteiger partial charge >= 0.3 is 0 Å². The number of nitrogens with zero attached hydrogens (tertiary/aromatic N) is 1. The summed E-state index contributed by atoms with van der Waals surface area (Å²) >= 11 is 2.00. The molecule has 0 amide bonds. The number of allylic oxidation sites excluding steroid dienone is 1. The molecule has 0 aliphatic heterocycles. The Hall–Kier alpha value is -1.55. The first kappa shape index (κ1) is 24.2. The number of ketones is 2. The minimum Gasteiger partial charge on any atom is -0.372 e. The van der Waals surface area contributed by atoms with Crippen LogP contribution in [0, 0.1) is 28.6 Å². The van der Waals surface area contributed by atoms with Gasteiger partial charge in [0.1, 0.15) is 5.78 Å². The van der Waals surface area contributed by atoms with Crippen LogP contribution in [0.1, 0.15) is 78.2 Å². The Bertz CT molecular complexity index is 980. The highest BCUT2D eigenvalue weighted by Gasteiger charge is 2.60. The molecule has 4 aliphatic rings. The van der Waals surface area contributed by atoms with Gasteiger partial charge in [-0.05, 0) is 87.5 Å². The first-order valence-electron chi connectivity index (χ1n) is 13.5. The van der Waals surface area contributed by atoms with Gasteiger partial charge in [-0.25, -0.2) is 0 Å². The smallest absolute Gasteiger partial charge is 0.156 e. The molecule has 3 saturated carbocycles. The summed E-state index contributed by atoms with van der Waals surface area (Å²) in [5, 5.41) is 0.330. The number of rotatable bonds is 6. The standard InChI is InChI=1S/C30H41NO2S/c1-5-31(6-2)22-10-7-20(8-11-22)19-34-28-18-23(32)17-21-9-12-24-25-13-14-27(33)29(25,3)16-15-26(24)30(21,28)4/h7-8,10-11,17,24-26,28H,5-6,9,12-16,18-19H2,1-4H3/t24-,25-,26-,28-,29-,30-/m0/s1. The van der Waals surface area contributed by atoms with Crippen molar-refractivity contribution in [3.63, 3.8) is 0 Å². The first-order valence-corrected chi connectivity index (χ1v) is 14.6. The lowest BCUT2D eigenvalue weighted by Crippen LogP contribution is -2.54. The summed E-state index contributed by atoms with van der Waals surface area (Å²) in [7, 11) is 0. The number of thioether (sulfide) groups is 1. The van der Waals surface area contributed by atoms with Crippen molar-refractivity contribution in [2.75, 3.05) is 18.0 Å². The molecule has 1 aromatic rings. The van der Waals surface area contributed by atoms with E-state index in [2.05, 4.69) is 56.9 Å². The Kier molecular flexibility index (Phi) is 6.50. The third-order valence-corrected chi connectivity index (χ3v) is 11.8. The van der Waals surface area contributed by atoms with Gasteiger partial charge in [0.15, 0.2) is 5.78 Å². The van der Waals surface area contributed by atoms with Gasteiger partial charge in [0.25, 0.3) is 0 Å². The number of hydrogen-bond donors (Lipinski definition) is 0. The van der Waals surface area contributed by atoms with Crippen LogP contribution in [0.2, 0.25) is 0 Å². The highest BCUT2D eigenvalue weighted by Crippen LogP contribution is 2.65. The topological polar surface area (TPSA) is 37.4 Å². The van der Waals surface area contributed by atoms with E-state index >= 15 is 0 Å².